The molecule has 1 fully saturated rings. The second-order valence-corrected chi connectivity index (χ2v) is 5.48. The Balaban J connectivity index is 2.55. The van der Waals surface area contributed by atoms with E-state index < -0.39 is 0 Å². The van der Waals surface area contributed by atoms with Crippen molar-refractivity contribution in [2.75, 3.05) is 20.3 Å². The van der Waals surface area contributed by atoms with Crippen LogP contribution in [0, 0.1) is 0 Å². The van der Waals surface area contributed by atoms with E-state index in [-0.39, 0.29) is 18.6 Å². The van der Waals surface area contributed by atoms with Crippen molar-refractivity contribution in [2.45, 2.75) is 70.4 Å². The van der Waals surface area contributed by atoms with Crippen molar-refractivity contribution < 1.29 is 14.6 Å². The van der Waals surface area contributed by atoms with Crippen molar-refractivity contribution in [1.82, 2.24) is 4.90 Å². The fraction of sp³-hybridized carbons (Fsp3) is 0.933. The number of methoxy groups -OCH3 is 1. The van der Waals surface area contributed by atoms with Gasteiger partial charge in [0.15, 0.2) is 0 Å². The number of carbonyl (C=O) groups excluding carboxylic acids is 1. The van der Waals surface area contributed by atoms with Gasteiger partial charge in [-0.15, -0.1) is 0 Å². The smallest absolute Gasteiger partial charge is 0.307 e. The molecule has 19 heavy (non-hydrogen) atoms. The van der Waals surface area contributed by atoms with Crippen molar-refractivity contribution in [3.63, 3.8) is 0 Å². The van der Waals surface area contributed by atoms with Gasteiger partial charge in [-0.2, -0.15) is 0 Å². The van der Waals surface area contributed by atoms with Crippen LogP contribution in [0.3, 0.4) is 0 Å². The van der Waals surface area contributed by atoms with E-state index in [0.717, 1.165) is 6.42 Å². The van der Waals surface area contributed by atoms with Gasteiger partial charge in [0.25, 0.3) is 0 Å². The molecule has 0 aliphatic carbocycles. The SMILES string of the molecule is CCCCCC1CCCC(CC(=O)OC)N1CCO. The number of unbranched alkanes of at least 4 members (excludes halogenated alkanes) is 2. The normalized spacial score (nSPS) is 24.4. The minimum Gasteiger partial charge on any atom is -0.469 e. The fourth-order valence-corrected chi connectivity index (χ4v) is 3.13. The molecule has 112 valence electrons. The van der Waals surface area contributed by atoms with Gasteiger partial charge in [-0.1, -0.05) is 32.6 Å². The number of likely N-dealkylation sites (tertiary alicyclic amines) is 1. The minimum atomic E-state index is -0.137. The number of carbonyl (C=O) groups is 1. The van der Waals surface area contributed by atoms with Crippen molar-refractivity contribution >= 4 is 5.97 Å². The first-order valence-corrected chi connectivity index (χ1v) is 7.66. The molecule has 0 aromatic heterocycles. The molecule has 0 saturated carbocycles. The number of hydrogen-bond acceptors (Lipinski definition) is 4. The summed E-state index contributed by atoms with van der Waals surface area (Å²) in [4.78, 5) is 13.8. The van der Waals surface area contributed by atoms with Crippen LogP contribution in [0.2, 0.25) is 0 Å². The van der Waals surface area contributed by atoms with Gasteiger partial charge in [-0.3, -0.25) is 9.69 Å². The summed E-state index contributed by atoms with van der Waals surface area (Å²) in [6.07, 6.45) is 8.81. The first kappa shape index (κ1) is 16.4. The highest BCUT2D eigenvalue weighted by Crippen LogP contribution is 2.28. The third-order valence-electron chi connectivity index (χ3n) is 4.14. The first-order chi connectivity index (χ1) is 9.22. The van der Waals surface area contributed by atoms with Crippen LogP contribution in [-0.4, -0.2) is 48.3 Å². The molecular formula is C15H29NO3. The Morgan fingerprint density at radius 2 is 2.05 bits per heavy atom. The maximum Gasteiger partial charge on any atom is 0.307 e. The largest absolute Gasteiger partial charge is 0.469 e. The van der Waals surface area contributed by atoms with E-state index in [9.17, 15) is 9.90 Å². The first-order valence-electron chi connectivity index (χ1n) is 7.66. The van der Waals surface area contributed by atoms with Gasteiger partial charge in [-0.05, 0) is 19.3 Å². The van der Waals surface area contributed by atoms with Crippen LogP contribution >= 0.6 is 0 Å². The van der Waals surface area contributed by atoms with E-state index in [2.05, 4.69) is 11.8 Å². The van der Waals surface area contributed by atoms with E-state index in [1.165, 1.54) is 45.6 Å². The summed E-state index contributed by atoms with van der Waals surface area (Å²) in [5, 5.41) is 9.26. The summed E-state index contributed by atoms with van der Waals surface area (Å²) < 4.78 is 4.79. The lowest BCUT2D eigenvalue weighted by atomic mass is 9.90. The summed E-state index contributed by atoms with van der Waals surface area (Å²) >= 11 is 0. The Morgan fingerprint density at radius 1 is 1.32 bits per heavy atom. The third-order valence-corrected chi connectivity index (χ3v) is 4.14. The third kappa shape index (κ3) is 5.49. The number of β-amino-alcohol motifs (C(OH)–C–C–N with tert-alkyl or cyclic N) is 1. The highest BCUT2D eigenvalue weighted by Gasteiger charge is 2.31. The number of piperidine rings is 1. The second-order valence-electron chi connectivity index (χ2n) is 5.48. The Hall–Kier alpha value is -0.610. The number of rotatable bonds is 8. The molecular weight excluding hydrogens is 242 g/mol. The Bertz CT molecular complexity index is 258. The summed E-state index contributed by atoms with van der Waals surface area (Å²) in [6.45, 7) is 3.06. The molecule has 0 bridgehead atoms. The van der Waals surface area contributed by atoms with Crippen molar-refractivity contribution in [3.05, 3.63) is 0 Å². The van der Waals surface area contributed by atoms with E-state index in [0.29, 0.717) is 19.0 Å². The molecule has 1 aliphatic rings. The van der Waals surface area contributed by atoms with Crippen molar-refractivity contribution in [2.24, 2.45) is 0 Å². The lowest BCUT2D eigenvalue weighted by Gasteiger charge is -2.41. The van der Waals surface area contributed by atoms with Gasteiger partial charge >= 0.3 is 5.97 Å². The zero-order valence-corrected chi connectivity index (χ0v) is 12.4. The Morgan fingerprint density at radius 3 is 2.68 bits per heavy atom. The molecule has 4 heteroatoms. The van der Waals surface area contributed by atoms with E-state index >= 15 is 0 Å². The van der Waals surface area contributed by atoms with Gasteiger partial charge in [0, 0.05) is 18.6 Å². The number of aliphatic hydroxyl groups is 1. The minimum absolute atomic E-state index is 0.137. The molecule has 0 aromatic rings. The predicted octanol–water partition coefficient (Wildman–Crippen LogP) is 2.35. The quantitative estimate of drug-likeness (QED) is 0.544. The van der Waals surface area contributed by atoms with Crippen molar-refractivity contribution in [1.29, 1.82) is 0 Å². The Labute approximate surface area is 117 Å². The van der Waals surface area contributed by atoms with Crippen molar-refractivity contribution in [3.8, 4) is 0 Å². The number of ether oxygens (including phenoxy) is 1. The molecule has 0 spiro atoms. The average Bonchev–Trinajstić information content (AvgIpc) is 2.42. The summed E-state index contributed by atoms with van der Waals surface area (Å²) in [5.41, 5.74) is 0. The van der Waals surface area contributed by atoms with E-state index in [4.69, 9.17) is 4.74 Å². The predicted molar refractivity (Wildman–Crippen MR) is 76.0 cm³/mol. The number of esters is 1. The monoisotopic (exact) mass is 271 g/mol. The van der Waals surface area contributed by atoms with Crippen LogP contribution in [0.15, 0.2) is 0 Å². The van der Waals surface area contributed by atoms with Gasteiger partial charge < -0.3 is 9.84 Å². The average molecular weight is 271 g/mol. The van der Waals surface area contributed by atoms with E-state index in [1.807, 2.05) is 0 Å². The molecule has 1 heterocycles. The molecule has 2 atom stereocenters. The summed E-state index contributed by atoms with van der Waals surface area (Å²) in [7, 11) is 1.44. The molecule has 2 unspecified atom stereocenters. The van der Waals surface area contributed by atoms with Gasteiger partial charge in [0.1, 0.15) is 0 Å². The van der Waals surface area contributed by atoms with Crippen LogP contribution in [-0.2, 0) is 9.53 Å². The van der Waals surface area contributed by atoms with E-state index in [1.54, 1.807) is 0 Å². The molecule has 0 amide bonds. The van der Waals surface area contributed by atoms with Crippen LogP contribution in [0.4, 0.5) is 0 Å². The molecule has 1 aliphatic heterocycles. The summed E-state index contributed by atoms with van der Waals surface area (Å²) in [6, 6.07) is 0.780. The lowest BCUT2D eigenvalue weighted by Crippen LogP contribution is -2.48. The van der Waals surface area contributed by atoms with Crippen LogP contribution in [0.5, 0.6) is 0 Å². The molecule has 0 aromatic carbocycles. The maximum absolute atomic E-state index is 11.5. The maximum atomic E-state index is 11.5. The van der Waals surface area contributed by atoms with Crippen LogP contribution in [0.1, 0.15) is 58.3 Å². The standard InChI is InChI=1S/C15H29NO3/c1-3-4-5-7-13-8-6-9-14(12-15(18)19-2)16(13)10-11-17/h13-14,17H,3-12H2,1-2H3. The lowest BCUT2D eigenvalue weighted by molar-refractivity contribution is -0.142. The van der Waals surface area contributed by atoms with Crippen LogP contribution < -0.4 is 0 Å². The fourth-order valence-electron chi connectivity index (χ4n) is 3.13. The van der Waals surface area contributed by atoms with Gasteiger partial charge in [0.05, 0.1) is 20.1 Å². The number of hydrogen-bond donors (Lipinski definition) is 1. The zero-order chi connectivity index (χ0) is 14.1. The Kier molecular flexibility index (Phi) is 8.07. The van der Waals surface area contributed by atoms with Crippen LogP contribution in [0.25, 0.3) is 0 Å². The summed E-state index contributed by atoms with van der Waals surface area (Å²) in [5.74, 6) is -0.137. The molecule has 1 saturated heterocycles. The molecule has 4 nitrogen and oxygen atoms in total. The molecule has 0 radical (unpaired) electrons. The molecule has 1 N–H and O–H groups in total. The number of nitrogens with zero attached hydrogens (tertiary/aromatic N) is 1. The topological polar surface area (TPSA) is 49.8 Å². The van der Waals surface area contributed by atoms with Gasteiger partial charge in [-0.25, -0.2) is 0 Å². The molecule has 1 rings (SSSR count). The zero-order valence-electron chi connectivity index (χ0n) is 12.4. The highest BCUT2D eigenvalue weighted by atomic mass is 16.5. The highest BCUT2D eigenvalue weighted by molar-refractivity contribution is 5.69. The van der Waals surface area contributed by atoms with Gasteiger partial charge in [0.2, 0.25) is 0 Å². The number of aliphatic hydroxyl groups excluding tert-OH is 1. The second kappa shape index (κ2) is 9.32.